The zero-order chi connectivity index (χ0) is 33.3. The number of nitrogens with one attached hydrogen (secondary N) is 1. The van der Waals surface area contributed by atoms with Crippen molar-refractivity contribution in [3.8, 4) is 11.1 Å². The van der Waals surface area contributed by atoms with Crippen molar-refractivity contribution >= 4 is 5.91 Å². The third-order valence-electron chi connectivity index (χ3n) is 10.5. The largest absolute Gasteiger partial charge is 0.392 e. The highest BCUT2D eigenvalue weighted by Gasteiger charge is 2.50. The molecule has 0 spiro atoms. The number of hydrogen-bond acceptors (Lipinski definition) is 5. The van der Waals surface area contributed by atoms with Gasteiger partial charge in [0.05, 0.1) is 18.8 Å². The molecule has 1 saturated carbocycles. The maximum absolute atomic E-state index is 12.6. The van der Waals surface area contributed by atoms with Gasteiger partial charge in [0.25, 0.3) is 5.91 Å². The van der Waals surface area contributed by atoms with E-state index < -0.39 is 6.29 Å². The highest BCUT2D eigenvalue weighted by molar-refractivity contribution is 5.94. The molecule has 1 aliphatic carbocycles. The first-order chi connectivity index (χ1) is 23.1. The highest BCUT2D eigenvalue weighted by atomic mass is 16.7. The maximum Gasteiger partial charge on any atom is 0.251 e. The lowest BCUT2D eigenvalue weighted by atomic mass is 9.65. The average Bonchev–Trinajstić information content (AvgIpc) is 3.34. The predicted molar refractivity (Wildman–Crippen MR) is 189 cm³/mol. The quantitative estimate of drug-likeness (QED) is 0.192. The van der Waals surface area contributed by atoms with Crippen molar-refractivity contribution in [1.29, 1.82) is 0 Å². The summed E-state index contributed by atoms with van der Waals surface area (Å²) in [6.07, 6.45) is 3.97. The number of aliphatic hydroxyl groups excluding tert-OH is 1. The summed E-state index contributed by atoms with van der Waals surface area (Å²) < 4.78 is 13.6. The van der Waals surface area contributed by atoms with Gasteiger partial charge in [0.1, 0.15) is 0 Å². The molecule has 3 aliphatic rings. The molecule has 2 unspecified atom stereocenters. The second kappa shape index (κ2) is 13.6. The van der Waals surface area contributed by atoms with E-state index in [9.17, 15) is 9.90 Å². The van der Waals surface area contributed by atoms with Crippen LogP contribution in [0.15, 0.2) is 103 Å². The van der Waals surface area contributed by atoms with Gasteiger partial charge in [-0.05, 0) is 82.2 Å². The molecular weight excluding hydrogens is 596 g/mol. The Morgan fingerprint density at radius 1 is 0.833 bits per heavy atom. The van der Waals surface area contributed by atoms with Crippen molar-refractivity contribution in [3.63, 3.8) is 0 Å². The fourth-order valence-corrected chi connectivity index (χ4v) is 8.68. The van der Waals surface area contributed by atoms with Gasteiger partial charge in [-0.15, -0.1) is 0 Å². The van der Waals surface area contributed by atoms with E-state index >= 15 is 0 Å². The molecule has 2 heterocycles. The Morgan fingerprint density at radius 2 is 1.58 bits per heavy atom. The van der Waals surface area contributed by atoms with E-state index in [4.69, 9.17) is 9.47 Å². The molecule has 6 nitrogen and oxygen atoms in total. The molecule has 2 bridgehead atoms. The zero-order valence-electron chi connectivity index (χ0n) is 28.4. The van der Waals surface area contributed by atoms with Gasteiger partial charge in [0, 0.05) is 43.2 Å². The Hall–Kier alpha value is -3.81. The van der Waals surface area contributed by atoms with Crippen molar-refractivity contribution in [2.24, 2.45) is 10.8 Å². The van der Waals surface area contributed by atoms with Crippen LogP contribution in [0.3, 0.4) is 0 Å². The predicted octanol–water partition coefficient (Wildman–Crippen LogP) is 8.22. The number of rotatable bonds is 9. The summed E-state index contributed by atoms with van der Waals surface area (Å²) >= 11 is 0. The lowest BCUT2D eigenvalue weighted by molar-refractivity contribution is -0.253. The van der Waals surface area contributed by atoms with Crippen LogP contribution in [0.5, 0.6) is 0 Å². The van der Waals surface area contributed by atoms with Crippen LogP contribution in [0.2, 0.25) is 0 Å². The van der Waals surface area contributed by atoms with Crippen molar-refractivity contribution in [3.05, 3.63) is 131 Å². The molecule has 48 heavy (non-hydrogen) atoms. The average molecular weight is 645 g/mol. The smallest absolute Gasteiger partial charge is 0.251 e. The third-order valence-corrected chi connectivity index (χ3v) is 10.5. The molecule has 250 valence electrons. The first-order valence-corrected chi connectivity index (χ1v) is 17.4. The molecule has 3 fully saturated rings. The van der Waals surface area contributed by atoms with Gasteiger partial charge in [-0.25, -0.2) is 0 Å². The molecule has 5 atom stereocenters. The number of ether oxygens (including phenoxy) is 2. The van der Waals surface area contributed by atoms with Gasteiger partial charge in [-0.2, -0.15) is 0 Å². The van der Waals surface area contributed by atoms with Gasteiger partial charge < -0.3 is 19.9 Å². The molecule has 7 rings (SSSR count). The maximum atomic E-state index is 12.6. The molecule has 0 aromatic heterocycles. The van der Waals surface area contributed by atoms with Crippen LogP contribution < -0.4 is 5.32 Å². The minimum Gasteiger partial charge on any atom is -0.392 e. The van der Waals surface area contributed by atoms with Crippen LogP contribution in [0.25, 0.3) is 11.1 Å². The van der Waals surface area contributed by atoms with E-state index in [1.807, 2.05) is 54.6 Å². The van der Waals surface area contributed by atoms with Crippen molar-refractivity contribution < 1.29 is 19.4 Å². The molecular formula is C42H48N2O4. The van der Waals surface area contributed by atoms with Gasteiger partial charge in [0.2, 0.25) is 0 Å². The number of carbonyl (C=O) groups is 1. The van der Waals surface area contributed by atoms with Crippen LogP contribution in [-0.4, -0.2) is 41.1 Å². The third kappa shape index (κ3) is 7.42. The minimum absolute atomic E-state index is 0.0255. The fraction of sp³-hybridized carbons (Fsp3) is 0.405. The van der Waals surface area contributed by atoms with E-state index in [2.05, 4.69) is 79.5 Å². The Balaban J connectivity index is 1.10. The summed E-state index contributed by atoms with van der Waals surface area (Å²) in [5.41, 5.74) is 7.57. The number of likely N-dealkylation sites (tertiary alicyclic amines) is 1. The molecule has 2 saturated heterocycles. The second-order valence-corrected chi connectivity index (χ2v) is 15.4. The molecule has 2 aliphatic heterocycles. The summed E-state index contributed by atoms with van der Waals surface area (Å²) in [6, 6.07) is 34.8. The van der Waals surface area contributed by atoms with Gasteiger partial charge in [0.15, 0.2) is 6.29 Å². The topological polar surface area (TPSA) is 71.0 Å². The summed E-state index contributed by atoms with van der Waals surface area (Å²) in [5, 5.41) is 12.7. The van der Waals surface area contributed by atoms with Gasteiger partial charge in [-0.3, -0.25) is 9.69 Å². The van der Waals surface area contributed by atoms with E-state index in [0.29, 0.717) is 29.0 Å². The first-order valence-electron chi connectivity index (χ1n) is 17.4. The van der Waals surface area contributed by atoms with Gasteiger partial charge in [-0.1, -0.05) is 99.6 Å². The van der Waals surface area contributed by atoms with Crippen molar-refractivity contribution in [2.45, 2.75) is 84.1 Å². The summed E-state index contributed by atoms with van der Waals surface area (Å²) in [6.45, 7) is 9.83. The van der Waals surface area contributed by atoms with E-state index in [1.54, 1.807) is 0 Å². The van der Waals surface area contributed by atoms with Crippen LogP contribution in [0.1, 0.15) is 91.5 Å². The van der Waals surface area contributed by atoms with Crippen LogP contribution in [0.4, 0.5) is 0 Å². The number of hydrogen-bond donors (Lipinski definition) is 2. The van der Waals surface area contributed by atoms with E-state index in [-0.39, 0.29) is 24.7 Å². The molecule has 2 N–H and O–H groups in total. The Bertz CT molecular complexity index is 1720. The number of fused-ring (bicyclic) bond motifs is 2. The zero-order valence-corrected chi connectivity index (χ0v) is 28.4. The second-order valence-electron chi connectivity index (χ2n) is 15.4. The normalized spacial score (nSPS) is 26.7. The summed E-state index contributed by atoms with van der Waals surface area (Å²) in [4.78, 5) is 15.3. The summed E-state index contributed by atoms with van der Waals surface area (Å²) in [7, 11) is 0. The molecule has 4 aromatic rings. The number of aliphatic hydroxyl groups is 1. The lowest BCUT2D eigenvalue weighted by Gasteiger charge is -2.41. The number of carbonyl (C=O) groups excluding carboxylic acids is 1. The lowest BCUT2D eigenvalue weighted by Crippen LogP contribution is -2.42. The van der Waals surface area contributed by atoms with Gasteiger partial charge >= 0.3 is 0 Å². The SMILES string of the molecule is CC1(C)CC2CC(C)(CN2C[C@@H]2C[C@H](c3ccc(CO)cc3)O[C@H](c3cccc(-c4cccc(CNC(=O)c5ccccc5)c4)c3)O2)C1. The highest BCUT2D eigenvalue weighted by Crippen LogP contribution is 2.53. The number of benzene rings is 4. The Morgan fingerprint density at radius 3 is 2.35 bits per heavy atom. The minimum atomic E-state index is -0.506. The number of amides is 1. The molecule has 0 radical (unpaired) electrons. The Kier molecular flexibility index (Phi) is 9.27. The van der Waals surface area contributed by atoms with E-state index in [0.717, 1.165) is 52.9 Å². The van der Waals surface area contributed by atoms with Crippen LogP contribution in [-0.2, 0) is 22.6 Å². The van der Waals surface area contributed by atoms with Crippen LogP contribution in [0, 0.1) is 10.8 Å². The Labute approximate surface area is 285 Å². The first kappa shape index (κ1) is 32.7. The fourth-order valence-electron chi connectivity index (χ4n) is 8.68. The molecule has 1 amide bonds. The number of nitrogens with zero attached hydrogens (tertiary/aromatic N) is 1. The van der Waals surface area contributed by atoms with Crippen molar-refractivity contribution in [1.82, 2.24) is 10.2 Å². The standard InChI is InChI=1S/C42H48N2O4/c1-41(2)22-36-23-42(3,27-41)28-44(36)25-37-21-38(31-17-15-29(26-45)16-18-31)48-40(47-37)35-14-8-13-34(20-35)33-12-7-9-30(19-33)24-43-39(46)32-10-5-4-6-11-32/h4-20,36-38,40,45H,21-28H2,1-3H3,(H,43,46)/t36?,37-,38+,40+,42?/m0/s1. The van der Waals surface area contributed by atoms with Crippen LogP contribution >= 0.6 is 0 Å². The molecule has 4 aromatic carbocycles. The summed E-state index contributed by atoms with van der Waals surface area (Å²) in [5.74, 6) is -0.0834. The monoisotopic (exact) mass is 644 g/mol. The molecule has 6 heteroatoms. The van der Waals surface area contributed by atoms with E-state index in [1.165, 1.54) is 19.3 Å². The van der Waals surface area contributed by atoms with Crippen molar-refractivity contribution in [2.75, 3.05) is 13.1 Å².